The zero-order chi connectivity index (χ0) is 59.2. The van der Waals surface area contributed by atoms with Gasteiger partial charge >= 0.3 is 23.9 Å². The van der Waals surface area contributed by atoms with Gasteiger partial charge in [0.05, 0.1) is 67.5 Å². The molecule has 79 heavy (non-hydrogen) atoms. The van der Waals surface area contributed by atoms with E-state index in [1.165, 1.54) is 40.2 Å². The maximum atomic E-state index is 13.7. The number of nitrogens with zero attached hydrogens (tertiary/aromatic N) is 2. The number of rotatable bonds is 8. The Kier molecular flexibility index (Phi) is 19.5. The molecule has 0 aliphatic carbocycles. The maximum Gasteiger partial charge on any atom is 0.338 e. The van der Waals surface area contributed by atoms with Crippen LogP contribution in [-0.4, -0.2) is 80.1 Å². The lowest BCUT2D eigenvalue weighted by Crippen LogP contribution is -2.31. The monoisotopic (exact) mass is 1070 g/mol. The molecule has 2 heterocycles. The molecular weight excluding hydrogens is 1010 g/mol. The number of methoxy groups -OCH3 is 2. The summed E-state index contributed by atoms with van der Waals surface area (Å²) >= 11 is 0. The van der Waals surface area contributed by atoms with Crippen LogP contribution >= 0.6 is 0 Å². The molecule has 16 heteroatoms. The van der Waals surface area contributed by atoms with E-state index in [0.717, 1.165) is 37.6 Å². The molecule has 15 nitrogen and oxygen atoms in total. The molecule has 0 bridgehead atoms. The van der Waals surface area contributed by atoms with Crippen molar-refractivity contribution < 1.29 is 63.1 Å². The summed E-state index contributed by atoms with van der Waals surface area (Å²) in [5, 5.41) is 0. The van der Waals surface area contributed by atoms with Crippen LogP contribution in [-0.2, 0) is 44.5 Å². The third-order valence-corrected chi connectivity index (χ3v) is 11.8. The molecule has 0 unspecified atom stereocenters. The molecule has 410 valence electrons. The molecule has 8 rings (SSSR count). The smallest absolute Gasteiger partial charge is 0.338 e. The Labute approximate surface area is 460 Å². The molecule has 6 aromatic rings. The van der Waals surface area contributed by atoms with Crippen molar-refractivity contribution in [3.05, 3.63) is 196 Å². The standard InChI is InChI=1S/C31H29NO6.C20H17NO4.C11H15NO2.CH3F/c1-19(33)32-26-18-23(29(35)37-5)15-16-24(26)27(28(32)34)25(21-9-7-6-8-10-21)17-20-11-13-22(14-12-20)30(36)38-31(2,3)4;1-12(14-7-5-4-6-8-14)18-16-10-9-15(20(24)25-3)11-17(16)21(13(2)22)19(18)23;1-11(2,3)14-10(13)8-4-6-9(12)7-5-8;1-2/h6-16,18H,17H2,1-5H3;4-11H,1-3H3;4-7H,12H2,1-3H3;1H3/b27-25+;18-12-;;/i;;;1D. The van der Waals surface area contributed by atoms with Gasteiger partial charge in [-0.2, -0.15) is 0 Å². The summed E-state index contributed by atoms with van der Waals surface area (Å²) in [7, 11) is 1.56. The van der Waals surface area contributed by atoms with E-state index in [1.54, 1.807) is 60.7 Å². The van der Waals surface area contributed by atoms with E-state index >= 15 is 0 Å². The number of allylic oxidation sites excluding steroid dienone is 2. The summed E-state index contributed by atoms with van der Waals surface area (Å²) in [6, 6.07) is 42.2. The molecule has 0 aromatic heterocycles. The predicted octanol–water partition coefficient (Wildman–Crippen LogP) is 11.6. The number of halogens is 1. The minimum absolute atomic E-state index is 0.241. The quantitative estimate of drug-likeness (QED) is 0.0652. The molecule has 6 aromatic carbocycles. The van der Waals surface area contributed by atoms with Gasteiger partial charge in [0.15, 0.2) is 0 Å². The van der Waals surface area contributed by atoms with Crippen LogP contribution in [0.2, 0.25) is 0 Å². The molecule has 4 amide bonds. The molecule has 0 fully saturated rings. The van der Waals surface area contributed by atoms with Gasteiger partial charge in [-0.15, -0.1) is 0 Å². The lowest BCUT2D eigenvalue weighted by atomic mass is 9.90. The summed E-state index contributed by atoms with van der Waals surface area (Å²) in [4.78, 5) is 101. The first-order valence-corrected chi connectivity index (χ1v) is 24.7. The summed E-state index contributed by atoms with van der Waals surface area (Å²) in [5.74, 6) is -3.51. The Balaban J connectivity index is 0.000000239. The van der Waals surface area contributed by atoms with E-state index in [9.17, 15) is 42.7 Å². The van der Waals surface area contributed by atoms with Gasteiger partial charge in [-0.3, -0.25) is 23.6 Å². The summed E-state index contributed by atoms with van der Waals surface area (Å²) in [6.45, 7) is 15.4. The highest BCUT2D eigenvalue weighted by molar-refractivity contribution is 6.44. The highest BCUT2D eigenvalue weighted by atomic mass is 19.1. The number of ether oxygens (including phenoxy) is 4. The minimum Gasteiger partial charge on any atom is -0.465 e. The number of anilines is 3. The van der Waals surface area contributed by atoms with Gasteiger partial charge in [0, 0.05) is 30.7 Å². The first-order valence-electron chi connectivity index (χ1n) is 25.4. The number of alkyl halides is 1. The second-order valence-electron chi connectivity index (χ2n) is 19.9. The molecule has 0 saturated heterocycles. The third-order valence-electron chi connectivity index (χ3n) is 11.8. The normalized spacial score (nSPS) is 13.7. The van der Waals surface area contributed by atoms with Gasteiger partial charge in [-0.25, -0.2) is 29.0 Å². The first-order chi connectivity index (χ1) is 37.7. The minimum atomic E-state index is -1.00. The number of imide groups is 2. The number of amides is 4. The van der Waals surface area contributed by atoms with Crippen molar-refractivity contribution >= 4 is 86.9 Å². The van der Waals surface area contributed by atoms with E-state index in [-0.39, 0.29) is 17.4 Å². The average molecular weight is 1080 g/mol. The molecule has 2 N–H and O–H groups in total. The number of fused-ring (bicyclic) bond motifs is 2. The highest BCUT2D eigenvalue weighted by Gasteiger charge is 2.39. The molecule has 2 aliphatic rings. The van der Waals surface area contributed by atoms with Crippen molar-refractivity contribution in [2.45, 2.75) is 79.9 Å². The molecule has 0 saturated carbocycles. The third kappa shape index (κ3) is 15.0. The van der Waals surface area contributed by atoms with Gasteiger partial charge in [0.25, 0.3) is 11.8 Å². The van der Waals surface area contributed by atoms with Crippen molar-refractivity contribution in [3.63, 3.8) is 0 Å². The zero-order valence-corrected chi connectivity index (χ0v) is 46.0. The van der Waals surface area contributed by atoms with Crippen molar-refractivity contribution in [3.8, 4) is 0 Å². The fourth-order valence-electron chi connectivity index (χ4n) is 8.36. The van der Waals surface area contributed by atoms with Crippen molar-refractivity contribution in [2.24, 2.45) is 0 Å². The van der Waals surface area contributed by atoms with Gasteiger partial charge in [-0.05, 0) is 143 Å². The zero-order valence-electron chi connectivity index (χ0n) is 47.0. The molecule has 0 radical (unpaired) electrons. The number of hydrogen-bond donors (Lipinski definition) is 1. The maximum absolute atomic E-state index is 13.7. The number of hydrogen-bond acceptors (Lipinski definition) is 13. The van der Waals surface area contributed by atoms with Crippen LogP contribution in [0.3, 0.4) is 0 Å². The summed E-state index contributed by atoms with van der Waals surface area (Å²) < 4.78 is 35.7. The largest absolute Gasteiger partial charge is 0.465 e. The van der Waals surface area contributed by atoms with E-state index in [0.29, 0.717) is 62.4 Å². The van der Waals surface area contributed by atoms with Crippen molar-refractivity contribution in [2.75, 3.05) is 36.9 Å². The lowest BCUT2D eigenvalue weighted by molar-refractivity contribution is -0.123. The van der Waals surface area contributed by atoms with E-state index in [1.807, 2.05) is 121 Å². The molecule has 0 atom stereocenters. The van der Waals surface area contributed by atoms with Crippen molar-refractivity contribution in [1.29, 1.82) is 0 Å². The van der Waals surface area contributed by atoms with Gasteiger partial charge in [0.1, 0.15) is 11.2 Å². The second kappa shape index (κ2) is 26.2. The number of carbonyl (C=O) groups is 8. The van der Waals surface area contributed by atoms with Crippen LogP contribution in [0.15, 0.2) is 146 Å². The van der Waals surface area contributed by atoms with Crippen LogP contribution in [0.1, 0.15) is 133 Å². The SMILES string of the molecule is CC(C)(C)OC(=O)c1ccc(N)cc1.COC(=O)c1ccc2c(c1)N(C(C)=O)C(=O)/C2=C(/C)c1ccccc1.COC(=O)c1ccc2c(c1)N(C(C)=O)C(=O)/C2=C(\Cc1ccc(C(=O)OC(C)(C)C)cc1)c1ccccc1.[2H]CF. The Morgan fingerprint density at radius 1 is 0.506 bits per heavy atom. The second-order valence-corrected chi connectivity index (χ2v) is 19.9. The number of carbonyl (C=O) groups excluding carboxylic acids is 8. The van der Waals surface area contributed by atoms with E-state index in [2.05, 4.69) is 0 Å². The van der Waals surface area contributed by atoms with Crippen LogP contribution in [0.5, 0.6) is 0 Å². The van der Waals surface area contributed by atoms with Gasteiger partial charge < -0.3 is 24.7 Å². The summed E-state index contributed by atoms with van der Waals surface area (Å²) in [5.41, 5.74) is 13.4. The molecule has 2 aliphatic heterocycles. The Hall–Kier alpha value is -9.31. The van der Waals surface area contributed by atoms with Crippen LogP contribution in [0, 0.1) is 0 Å². The van der Waals surface area contributed by atoms with E-state index in [4.69, 9.17) is 26.1 Å². The number of benzene rings is 6. The predicted molar refractivity (Wildman–Crippen MR) is 302 cm³/mol. The molecule has 0 spiro atoms. The lowest BCUT2D eigenvalue weighted by Gasteiger charge is -2.19. The molecular formula is C63H64FN3O12. The van der Waals surface area contributed by atoms with Crippen molar-refractivity contribution in [1.82, 2.24) is 0 Å². The summed E-state index contributed by atoms with van der Waals surface area (Å²) in [6.07, 6.45) is 0.365. The number of nitrogens with two attached hydrogens (primary N) is 1. The van der Waals surface area contributed by atoms with E-state index < -0.39 is 54.0 Å². The first kappa shape index (κ1) is 58.9. The Morgan fingerprint density at radius 3 is 1.27 bits per heavy atom. The Bertz CT molecular complexity index is 3360. The van der Waals surface area contributed by atoms with Gasteiger partial charge in [-0.1, -0.05) is 84.9 Å². The fourth-order valence-corrected chi connectivity index (χ4v) is 8.36. The van der Waals surface area contributed by atoms with Crippen LogP contribution in [0.4, 0.5) is 21.5 Å². The topological polar surface area (TPSA) is 206 Å². The Morgan fingerprint density at radius 2 is 0.873 bits per heavy atom. The number of nitrogen functional groups attached to an aromatic ring is 1. The fraction of sp³-hybridized carbons (Fsp3) is 0.238. The van der Waals surface area contributed by atoms with Crippen LogP contribution < -0.4 is 15.5 Å². The average Bonchev–Trinajstić information content (AvgIpc) is 4.15. The van der Waals surface area contributed by atoms with Gasteiger partial charge in [0.2, 0.25) is 11.8 Å². The highest BCUT2D eigenvalue weighted by Crippen LogP contribution is 2.44. The number of esters is 4. The van der Waals surface area contributed by atoms with Crippen LogP contribution in [0.25, 0.3) is 22.3 Å².